The second-order valence-electron chi connectivity index (χ2n) is 23.6. The van der Waals surface area contributed by atoms with Crippen LogP contribution < -0.4 is 0 Å². The monoisotopic (exact) mass is 1140 g/mol. The van der Waals surface area contributed by atoms with Gasteiger partial charge in [-0.2, -0.15) is 0 Å². The summed E-state index contributed by atoms with van der Waals surface area (Å²) in [6.07, 6.45) is 0. The lowest BCUT2D eigenvalue weighted by molar-refractivity contribution is 1.01. The average molecular weight is 1150 g/mol. The van der Waals surface area contributed by atoms with Crippen molar-refractivity contribution in [2.45, 2.75) is 0 Å². The Labute approximate surface area is 513 Å². The van der Waals surface area contributed by atoms with Gasteiger partial charge in [0.2, 0.25) is 11.9 Å². The van der Waals surface area contributed by atoms with Crippen LogP contribution in [-0.4, -0.2) is 37.9 Å². The Bertz CT molecular complexity index is 6510. The van der Waals surface area contributed by atoms with E-state index in [-0.39, 0.29) is 0 Å². The van der Waals surface area contributed by atoms with Crippen molar-refractivity contribution in [3.8, 4) is 45.5 Å². The summed E-state index contributed by atoms with van der Waals surface area (Å²) in [4.78, 5) is 21.3. The molecule has 0 saturated heterocycles. The number of hydrogen-bond acceptors (Lipinski definition) is 4. The standard InChI is InChI=1S/C44H26N4.C38H22N4/c1-3-13-27(14-4-1)29-18-9-22-34-41(28-15-5-2-6-16-28)45-44(46-42(29)34)48-36-24-11-19-31-33-21-10-20-32-30-17-7-8-23-35(30)47(43(32)33)37-25-12-26-38(48)40(37)39(31)36;1-2-11-23(12-3-1)36-28-14-4-6-18-29(28)39-38(40-36)42-31-20-9-15-25-27-17-8-16-26-24-13-5-7-19-30(24)41(37(26)27)32-21-10-22-33(42)35(32)34(25)31/h1-26H;1-22H. The number of hydrogen-bond donors (Lipinski definition) is 0. The summed E-state index contributed by atoms with van der Waals surface area (Å²) in [5.41, 5.74) is 19.8. The quantitative estimate of drug-likeness (QED) is 0.172. The summed E-state index contributed by atoms with van der Waals surface area (Å²) < 4.78 is 9.47. The van der Waals surface area contributed by atoms with Crippen LogP contribution in [0.4, 0.5) is 0 Å². The van der Waals surface area contributed by atoms with Crippen molar-refractivity contribution >= 4 is 142 Å². The average Bonchev–Trinajstić information content (AvgIpc) is 1.56. The molecule has 0 aliphatic rings. The van der Waals surface area contributed by atoms with E-state index in [1.54, 1.807) is 0 Å². The Kier molecular flexibility index (Phi) is 10.1. The van der Waals surface area contributed by atoms with Crippen LogP contribution in [0, 0.1) is 0 Å². The molecule has 0 unspecified atom stereocenters. The van der Waals surface area contributed by atoms with Crippen molar-refractivity contribution in [1.82, 2.24) is 37.9 Å². The molecule has 0 aliphatic carbocycles. The Hall–Kier alpha value is -12.3. The van der Waals surface area contributed by atoms with Crippen molar-refractivity contribution in [3.05, 3.63) is 291 Å². The van der Waals surface area contributed by atoms with Crippen molar-refractivity contribution in [2.75, 3.05) is 0 Å². The summed E-state index contributed by atoms with van der Waals surface area (Å²) in [5.74, 6) is 1.34. The molecule has 0 bridgehead atoms. The first-order valence-electron chi connectivity index (χ1n) is 30.6. The summed E-state index contributed by atoms with van der Waals surface area (Å²) in [6.45, 7) is 0. The maximum Gasteiger partial charge on any atom is 0.235 e. The molecular weight excluding hydrogens is 1100 g/mol. The van der Waals surface area contributed by atoms with Crippen LogP contribution in [-0.2, 0) is 0 Å². The highest BCUT2D eigenvalue weighted by Crippen LogP contribution is 2.47. The zero-order chi connectivity index (χ0) is 58.7. The van der Waals surface area contributed by atoms with Gasteiger partial charge in [-0.25, -0.2) is 19.9 Å². The van der Waals surface area contributed by atoms with Gasteiger partial charge in [0.1, 0.15) is 0 Å². The van der Waals surface area contributed by atoms with Gasteiger partial charge in [-0.3, -0.25) is 9.13 Å². The minimum absolute atomic E-state index is 0.662. The molecule has 0 N–H and O–H groups in total. The molecule has 8 aromatic heterocycles. The molecule has 21 aromatic rings. The van der Waals surface area contributed by atoms with E-state index in [4.69, 9.17) is 19.9 Å². The van der Waals surface area contributed by atoms with E-state index in [2.05, 4.69) is 297 Å². The lowest BCUT2D eigenvalue weighted by Crippen LogP contribution is -2.04. The highest BCUT2D eigenvalue weighted by atomic mass is 15.2. The first-order chi connectivity index (χ1) is 44.7. The molecular formula is C82H48N8. The molecule has 0 aliphatic heterocycles. The number of aromatic nitrogens is 8. The third-order valence-electron chi connectivity index (χ3n) is 18.9. The van der Waals surface area contributed by atoms with Gasteiger partial charge >= 0.3 is 0 Å². The predicted molar refractivity (Wildman–Crippen MR) is 373 cm³/mol. The van der Waals surface area contributed by atoms with Gasteiger partial charge in [0.05, 0.1) is 77.6 Å². The zero-order valence-corrected chi connectivity index (χ0v) is 48.3. The summed E-state index contributed by atoms with van der Waals surface area (Å²) in [5, 5.41) is 17.0. The van der Waals surface area contributed by atoms with Gasteiger partial charge in [-0.15, -0.1) is 0 Å². The van der Waals surface area contributed by atoms with E-state index in [0.29, 0.717) is 11.9 Å². The van der Waals surface area contributed by atoms with Crippen LogP contribution in [0.2, 0.25) is 0 Å². The second kappa shape index (κ2) is 18.6. The molecule has 8 nitrogen and oxygen atoms in total. The third-order valence-corrected chi connectivity index (χ3v) is 18.9. The van der Waals surface area contributed by atoms with Crippen LogP contribution in [0.15, 0.2) is 291 Å². The second-order valence-corrected chi connectivity index (χ2v) is 23.6. The molecule has 90 heavy (non-hydrogen) atoms. The number of benzene rings is 13. The molecule has 8 heteroatoms. The van der Waals surface area contributed by atoms with E-state index < -0.39 is 0 Å². The number of para-hydroxylation sites is 6. The molecule has 0 saturated carbocycles. The summed E-state index contributed by atoms with van der Waals surface area (Å²) in [7, 11) is 0. The van der Waals surface area contributed by atoms with Crippen LogP contribution in [0.3, 0.4) is 0 Å². The molecule has 0 amide bonds. The highest BCUT2D eigenvalue weighted by Gasteiger charge is 2.26. The van der Waals surface area contributed by atoms with Gasteiger partial charge in [0, 0.05) is 81.3 Å². The van der Waals surface area contributed by atoms with Crippen molar-refractivity contribution in [1.29, 1.82) is 0 Å². The third kappa shape index (κ3) is 6.73. The van der Waals surface area contributed by atoms with Crippen LogP contribution in [0.25, 0.3) is 187 Å². The van der Waals surface area contributed by atoms with Gasteiger partial charge < -0.3 is 8.80 Å². The van der Waals surface area contributed by atoms with Crippen molar-refractivity contribution in [2.24, 2.45) is 0 Å². The Balaban J connectivity index is 0.000000127. The maximum atomic E-state index is 5.45. The van der Waals surface area contributed by atoms with E-state index in [1.165, 1.54) is 97.7 Å². The largest absolute Gasteiger partial charge is 0.308 e. The highest BCUT2D eigenvalue weighted by molar-refractivity contribution is 6.33. The van der Waals surface area contributed by atoms with E-state index in [0.717, 1.165) is 77.5 Å². The fourth-order valence-electron chi connectivity index (χ4n) is 15.3. The topological polar surface area (TPSA) is 70.2 Å². The number of nitrogens with zero attached hydrogens (tertiary/aromatic N) is 8. The Morgan fingerprint density at radius 1 is 0.211 bits per heavy atom. The molecule has 21 rings (SSSR count). The lowest BCUT2D eigenvalue weighted by Gasteiger charge is -2.14. The van der Waals surface area contributed by atoms with Crippen LogP contribution >= 0.6 is 0 Å². The predicted octanol–water partition coefficient (Wildman–Crippen LogP) is 20.8. The minimum atomic E-state index is 0.662. The SMILES string of the molecule is c1ccc(-c2nc(-n3c4cccc5c6cccc7c8ccccc8n(c8cccc3c8c54)c67)nc3c(-c4ccccc4)cccc23)cc1.c1ccc(-c2nc(-n3c4cccc5c6cccc7c8ccccc8n(c8cccc3c8c54)c67)nc3ccccc23)cc1. The fraction of sp³-hybridized carbons (Fsp3) is 0. The zero-order valence-electron chi connectivity index (χ0n) is 48.3. The minimum Gasteiger partial charge on any atom is -0.308 e. The molecule has 0 radical (unpaired) electrons. The molecule has 416 valence electrons. The van der Waals surface area contributed by atoms with Gasteiger partial charge in [0.25, 0.3) is 0 Å². The van der Waals surface area contributed by atoms with Gasteiger partial charge in [0.15, 0.2) is 0 Å². The van der Waals surface area contributed by atoms with Crippen LogP contribution in [0.5, 0.6) is 0 Å². The number of fused-ring (bicyclic) bond motifs is 12. The Morgan fingerprint density at radius 2 is 0.556 bits per heavy atom. The van der Waals surface area contributed by atoms with E-state index in [1.807, 2.05) is 12.1 Å². The van der Waals surface area contributed by atoms with E-state index in [9.17, 15) is 0 Å². The molecule has 0 atom stereocenters. The smallest absolute Gasteiger partial charge is 0.235 e. The van der Waals surface area contributed by atoms with Crippen molar-refractivity contribution in [3.63, 3.8) is 0 Å². The van der Waals surface area contributed by atoms with E-state index >= 15 is 0 Å². The van der Waals surface area contributed by atoms with Gasteiger partial charge in [-0.05, 0) is 70.9 Å². The Morgan fingerprint density at radius 3 is 1.09 bits per heavy atom. The molecule has 0 fully saturated rings. The number of rotatable bonds is 5. The summed E-state index contributed by atoms with van der Waals surface area (Å²) >= 11 is 0. The normalized spacial score (nSPS) is 12.2. The summed E-state index contributed by atoms with van der Waals surface area (Å²) in [6, 6.07) is 104. The maximum absolute atomic E-state index is 5.45. The lowest BCUT2D eigenvalue weighted by atomic mass is 9.99. The molecule has 8 heterocycles. The molecule has 13 aromatic carbocycles. The van der Waals surface area contributed by atoms with Gasteiger partial charge in [-0.1, -0.05) is 237 Å². The first kappa shape index (κ1) is 48.9. The van der Waals surface area contributed by atoms with Crippen LogP contribution in [0.1, 0.15) is 0 Å². The fourth-order valence-corrected chi connectivity index (χ4v) is 15.3. The molecule has 0 spiro atoms. The first-order valence-corrected chi connectivity index (χ1v) is 30.6. The van der Waals surface area contributed by atoms with Crippen molar-refractivity contribution < 1.29 is 0 Å².